The Balaban J connectivity index is 3.00. The molecule has 10 heteroatoms. The normalized spacial score (nSPS) is 12.8. The van der Waals surface area contributed by atoms with Gasteiger partial charge in [-0.1, -0.05) is 0 Å². The van der Waals surface area contributed by atoms with E-state index < -0.39 is 32.3 Å². The maximum atomic E-state index is 12.5. The van der Waals surface area contributed by atoms with Crippen molar-refractivity contribution in [3.63, 3.8) is 0 Å². The zero-order valence-corrected chi connectivity index (χ0v) is 9.81. The standard InChI is InChI=1S/C7H9FO7P2/c8-5-1-3-6(4-2-5)15-7(16(9,10)11)17(12,13)14/h1-4,7H,(H2,9,10,11)(H2,12,13,14)/p-4. The molecule has 0 saturated carbocycles. The third-order valence-electron chi connectivity index (χ3n) is 1.60. The van der Waals surface area contributed by atoms with Crippen LogP contribution in [0.4, 0.5) is 4.39 Å². The highest BCUT2D eigenvalue weighted by Crippen LogP contribution is 2.50. The predicted octanol–water partition coefficient (Wildman–Crippen LogP) is -1.68. The van der Waals surface area contributed by atoms with E-state index in [0.29, 0.717) is 0 Å². The zero-order chi connectivity index (χ0) is 13.3. The summed E-state index contributed by atoms with van der Waals surface area (Å²) in [5.74, 6) is -1.11. The van der Waals surface area contributed by atoms with E-state index in [9.17, 15) is 33.1 Å². The number of hydrogen-bond donors (Lipinski definition) is 0. The van der Waals surface area contributed by atoms with Gasteiger partial charge < -0.3 is 33.4 Å². The second kappa shape index (κ2) is 4.86. The van der Waals surface area contributed by atoms with Crippen molar-refractivity contribution in [1.82, 2.24) is 0 Å². The van der Waals surface area contributed by atoms with Crippen LogP contribution in [0.15, 0.2) is 24.3 Å². The molecule has 1 aromatic rings. The van der Waals surface area contributed by atoms with Crippen LogP contribution in [-0.4, -0.2) is 5.59 Å². The van der Waals surface area contributed by atoms with Gasteiger partial charge in [0.2, 0.25) is 0 Å². The summed E-state index contributed by atoms with van der Waals surface area (Å²) in [6.07, 6.45) is 0. The molecule has 0 spiro atoms. The first-order valence-corrected chi connectivity index (χ1v) is 7.29. The molecule has 7 nitrogen and oxygen atoms in total. The van der Waals surface area contributed by atoms with Crippen LogP contribution in [0.1, 0.15) is 0 Å². The van der Waals surface area contributed by atoms with E-state index >= 15 is 0 Å². The first-order valence-electron chi connectivity index (χ1n) is 4.06. The molecule has 1 rings (SSSR count). The van der Waals surface area contributed by atoms with Gasteiger partial charge in [0, 0.05) is 0 Å². The Morgan fingerprint density at radius 1 is 1.00 bits per heavy atom. The number of hydrogen-bond acceptors (Lipinski definition) is 7. The smallest absolute Gasteiger partial charge is 0.150 e. The van der Waals surface area contributed by atoms with Crippen molar-refractivity contribution in [2.24, 2.45) is 0 Å². The minimum Gasteiger partial charge on any atom is -0.808 e. The molecule has 0 fully saturated rings. The maximum absolute atomic E-state index is 12.5. The monoisotopic (exact) mass is 282 g/mol. The minimum atomic E-state index is -5.78. The second-order valence-electron chi connectivity index (χ2n) is 2.98. The highest BCUT2D eigenvalue weighted by Gasteiger charge is 2.19. The molecule has 0 radical (unpaired) electrons. The molecule has 0 aliphatic rings. The van der Waals surface area contributed by atoms with E-state index in [4.69, 9.17) is 0 Å². The van der Waals surface area contributed by atoms with E-state index in [-0.39, 0.29) is 0 Å². The Morgan fingerprint density at radius 3 is 1.76 bits per heavy atom. The molecule has 0 heterocycles. The van der Waals surface area contributed by atoms with Crippen LogP contribution in [0, 0.1) is 5.82 Å². The fraction of sp³-hybridized carbons (Fsp3) is 0.143. The predicted molar refractivity (Wildman–Crippen MR) is 46.0 cm³/mol. The van der Waals surface area contributed by atoms with Crippen molar-refractivity contribution >= 4 is 15.2 Å². The van der Waals surface area contributed by atoms with Crippen molar-refractivity contribution in [3.8, 4) is 5.75 Å². The lowest BCUT2D eigenvalue weighted by Crippen LogP contribution is -2.37. The topological polar surface area (TPSA) is 136 Å². The molecular formula is C7H5FO7P2-4. The van der Waals surface area contributed by atoms with Crippen LogP contribution in [-0.2, 0) is 9.13 Å². The Labute approximate surface area is 95.2 Å². The van der Waals surface area contributed by atoms with Gasteiger partial charge >= 0.3 is 0 Å². The highest BCUT2D eigenvalue weighted by atomic mass is 31.2. The van der Waals surface area contributed by atoms with Crippen molar-refractivity contribution in [2.75, 3.05) is 0 Å². The molecule has 1 aromatic carbocycles. The Hall–Kier alpha value is -0.750. The van der Waals surface area contributed by atoms with E-state index in [1.165, 1.54) is 0 Å². The second-order valence-corrected chi connectivity index (χ2v) is 6.48. The zero-order valence-electron chi connectivity index (χ0n) is 8.02. The summed E-state index contributed by atoms with van der Waals surface area (Å²) in [5, 5.41) is 0. The molecule has 0 unspecified atom stereocenters. The number of benzene rings is 1. The fourth-order valence-corrected chi connectivity index (χ4v) is 2.82. The average molecular weight is 282 g/mol. The molecule has 0 N–H and O–H groups in total. The first-order chi connectivity index (χ1) is 7.60. The summed E-state index contributed by atoms with van der Waals surface area (Å²) in [6.45, 7) is 0. The Morgan fingerprint density at radius 2 is 1.41 bits per heavy atom. The summed E-state index contributed by atoms with van der Waals surface area (Å²) in [6, 6.07) is 3.45. The van der Waals surface area contributed by atoms with Crippen molar-refractivity contribution in [3.05, 3.63) is 30.1 Å². The molecule has 0 saturated heterocycles. The largest absolute Gasteiger partial charge is 0.808 e. The molecule has 0 aliphatic carbocycles. The van der Waals surface area contributed by atoms with Gasteiger partial charge in [-0.15, -0.1) is 0 Å². The van der Waals surface area contributed by atoms with Crippen molar-refractivity contribution < 1.29 is 37.8 Å². The van der Waals surface area contributed by atoms with Crippen LogP contribution in [0.3, 0.4) is 0 Å². The van der Waals surface area contributed by atoms with E-state index in [1.54, 1.807) is 0 Å². The molecule has 0 aliphatic heterocycles. The lowest BCUT2D eigenvalue weighted by atomic mass is 10.3. The van der Waals surface area contributed by atoms with Crippen LogP contribution >= 0.6 is 15.2 Å². The van der Waals surface area contributed by atoms with Crippen molar-refractivity contribution in [2.45, 2.75) is 5.59 Å². The maximum Gasteiger partial charge on any atom is 0.150 e. The summed E-state index contributed by atoms with van der Waals surface area (Å²) in [4.78, 5) is 42.2. The first kappa shape index (κ1) is 14.3. The molecule has 0 atom stereocenters. The van der Waals surface area contributed by atoms with E-state index in [0.717, 1.165) is 24.3 Å². The van der Waals surface area contributed by atoms with Crippen LogP contribution in [0.2, 0.25) is 0 Å². The van der Waals surface area contributed by atoms with E-state index in [2.05, 4.69) is 4.74 Å². The molecule has 0 aromatic heterocycles. The Bertz CT molecular complexity index is 454. The number of halogens is 1. The number of rotatable bonds is 4. The van der Waals surface area contributed by atoms with Gasteiger partial charge in [0.25, 0.3) is 0 Å². The van der Waals surface area contributed by atoms with Crippen LogP contribution < -0.4 is 24.3 Å². The van der Waals surface area contributed by atoms with Gasteiger partial charge in [-0.05, 0) is 39.5 Å². The van der Waals surface area contributed by atoms with Crippen LogP contribution in [0.5, 0.6) is 5.75 Å². The Kier molecular flexibility index (Phi) is 4.09. The summed E-state index contributed by atoms with van der Waals surface area (Å²) in [5.41, 5.74) is -3.04. The summed E-state index contributed by atoms with van der Waals surface area (Å²) >= 11 is 0. The lowest BCUT2D eigenvalue weighted by Gasteiger charge is -2.48. The molecule has 0 bridgehead atoms. The minimum absolute atomic E-state index is 0.421. The molecule has 96 valence electrons. The third kappa shape index (κ3) is 4.20. The molecule has 17 heavy (non-hydrogen) atoms. The van der Waals surface area contributed by atoms with Gasteiger partial charge in [-0.25, -0.2) is 4.39 Å². The van der Waals surface area contributed by atoms with Gasteiger partial charge in [0.05, 0.1) is 0 Å². The van der Waals surface area contributed by atoms with Gasteiger partial charge in [-0.3, -0.25) is 0 Å². The SMILES string of the molecule is O=P([O-])([O-])C(Oc1ccc(F)cc1)P(=O)([O-])[O-]. The van der Waals surface area contributed by atoms with Gasteiger partial charge in [0.15, 0.2) is 0 Å². The highest BCUT2D eigenvalue weighted by molar-refractivity contribution is 7.67. The quantitative estimate of drug-likeness (QED) is 0.601. The van der Waals surface area contributed by atoms with Gasteiger partial charge in [-0.2, -0.15) is 0 Å². The molecule has 0 amide bonds. The van der Waals surface area contributed by atoms with Crippen LogP contribution in [0.25, 0.3) is 0 Å². The van der Waals surface area contributed by atoms with Gasteiger partial charge in [0.1, 0.15) is 17.2 Å². The third-order valence-corrected chi connectivity index (χ3v) is 4.59. The summed E-state index contributed by atoms with van der Waals surface area (Å²) < 4.78 is 37.8. The lowest BCUT2D eigenvalue weighted by molar-refractivity contribution is -0.336. The van der Waals surface area contributed by atoms with Crippen molar-refractivity contribution in [1.29, 1.82) is 0 Å². The van der Waals surface area contributed by atoms with E-state index in [1.807, 2.05) is 0 Å². The summed E-state index contributed by atoms with van der Waals surface area (Å²) in [7, 11) is -11.6. The fourth-order valence-electron chi connectivity index (χ4n) is 0.937. The average Bonchev–Trinajstić information content (AvgIpc) is 2.13. The number of ether oxygens (including phenoxy) is 1. The molecular weight excluding hydrogens is 277 g/mol.